The van der Waals surface area contributed by atoms with E-state index >= 15 is 0 Å². The van der Waals surface area contributed by atoms with Crippen LogP contribution in [-0.2, 0) is 21.5 Å². The molecule has 3 aromatic rings. The molecule has 1 amide bonds. The molecule has 5 nitrogen and oxygen atoms in total. The fourth-order valence-corrected chi connectivity index (χ4v) is 4.61. The van der Waals surface area contributed by atoms with E-state index in [-0.39, 0.29) is 23.3 Å². The summed E-state index contributed by atoms with van der Waals surface area (Å²) in [6.45, 7) is 10.7. The Labute approximate surface area is 213 Å². The van der Waals surface area contributed by atoms with Crippen molar-refractivity contribution in [3.05, 3.63) is 106 Å². The summed E-state index contributed by atoms with van der Waals surface area (Å²) in [7, 11) is 1.56. The average Bonchev–Trinajstić information content (AvgIpc) is 3.10. The van der Waals surface area contributed by atoms with Gasteiger partial charge in [0.1, 0.15) is 11.5 Å². The molecule has 0 spiro atoms. The van der Waals surface area contributed by atoms with Crippen LogP contribution in [0.1, 0.15) is 60.2 Å². The van der Waals surface area contributed by atoms with Gasteiger partial charge in [-0.15, -0.1) is 0 Å². The number of methoxy groups -OCH3 is 1. The number of rotatable bonds is 5. The predicted octanol–water partition coefficient (Wildman–Crippen LogP) is 6.23. The van der Waals surface area contributed by atoms with Gasteiger partial charge in [-0.05, 0) is 65.8 Å². The number of hydrogen-bond donors (Lipinski definition) is 1. The van der Waals surface area contributed by atoms with E-state index in [9.17, 15) is 14.7 Å². The maximum absolute atomic E-state index is 13.4. The molecule has 1 saturated heterocycles. The summed E-state index contributed by atoms with van der Waals surface area (Å²) in [6.07, 6.45) is 0. The van der Waals surface area contributed by atoms with Crippen molar-refractivity contribution in [3.8, 4) is 5.75 Å². The SMILES string of the molecule is COc1ccc(/C(O)=C2/C(=O)C(=O)N(Cc3cc(C)ccc3C)C2c2ccc(C(C)(C)C)cc2)cc1. The van der Waals surface area contributed by atoms with Gasteiger partial charge in [-0.25, -0.2) is 0 Å². The van der Waals surface area contributed by atoms with Gasteiger partial charge in [-0.1, -0.05) is 68.8 Å². The fraction of sp³-hybridized carbons (Fsp3) is 0.290. The molecule has 1 heterocycles. The molecule has 1 fully saturated rings. The van der Waals surface area contributed by atoms with Crippen LogP contribution >= 0.6 is 0 Å². The molecule has 0 aliphatic carbocycles. The van der Waals surface area contributed by atoms with Gasteiger partial charge in [-0.3, -0.25) is 9.59 Å². The molecule has 1 aliphatic rings. The number of benzene rings is 3. The Kier molecular flexibility index (Phi) is 6.77. The monoisotopic (exact) mass is 483 g/mol. The lowest BCUT2D eigenvalue weighted by atomic mass is 9.85. The first-order valence-corrected chi connectivity index (χ1v) is 12.1. The second-order valence-corrected chi connectivity index (χ2v) is 10.5. The van der Waals surface area contributed by atoms with Crippen LogP contribution in [0.15, 0.2) is 72.3 Å². The third-order valence-electron chi connectivity index (χ3n) is 6.84. The number of aliphatic hydroxyl groups is 1. The lowest BCUT2D eigenvalue weighted by molar-refractivity contribution is -0.140. The number of aryl methyl sites for hydroxylation is 2. The molecule has 0 saturated carbocycles. The predicted molar refractivity (Wildman–Crippen MR) is 142 cm³/mol. The van der Waals surface area contributed by atoms with E-state index in [1.165, 1.54) is 0 Å². The zero-order valence-corrected chi connectivity index (χ0v) is 21.8. The number of amides is 1. The van der Waals surface area contributed by atoms with E-state index in [0.717, 1.165) is 27.8 Å². The molecule has 0 aromatic heterocycles. The van der Waals surface area contributed by atoms with Gasteiger partial charge in [0.2, 0.25) is 0 Å². The number of carbonyl (C=O) groups is 2. The first-order chi connectivity index (χ1) is 17.0. The highest BCUT2D eigenvalue weighted by Crippen LogP contribution is 2.41. The summed E-state index contributed by atoms with van der Waals surface area (Å²) in [5.41, 5.74) is 5.53. The summed E-state index contributed by atoms with van der Waals surface area (Å²) in [5.74, 6) is -0.852. The van der Waals surface area contributed by atoms with Crippen LogP contribution in [0.25, 0.3) is 5.76 Å². The van der Waals surface area contributed by atoms with Crippen molar-refractivity contribution < 1.29 is 19.4 Å². The molecule has 1 N–H and O–H groups in total. The zero-order valence-electron chi connectivity index (χ0n) is 21.8. The summed E-state index contributed by atoms with van der Waals surface area (Å²) in [4.78, 5) is 28.3. The van der Waals surface area contributed by atoms with Gasteiger partial charge in [0.05, 0.1) is 18.7 Å². The van der Waals surface area contributed by atoms with Crippen LogP contribution in [0, 0.1) is 13.8 Å². The van der Waals surface area contributed by atoms with Gasteiger partial charge >= 0.3 is 0 Å². The smallest absolute Gasteiger partial charge is 0.295 e. The molecule has 36 heavy (non-hydrogen) atoms. The number of ether oxygens (including phenoxy) is 1. The number of hydrogen-bond acceptors (Lipinski definition) is 4. The Morgan fingerprint density at radius 2 is 1.58 bits per heavy atom. The Hall–Kier alpha value is -3.86. The van der Waals surface area contributed by atoms with E-state index in [1.54, 1.807) is 36.3 Å². The summed E-state index contributed by atoms with van der Waals surface area (Å²) in [5, 5.41) is 11.3. The molecule has 1 aliphatic heterocycles. The number of carbonyl (C=O) groups excluding carboxylic acids is 2. The largest absolute Gasteiger partial charge is 0.507 e. The number of Topliss-reactive ketones (excluding diaryl/α,β-unsaturated/α-hetero) is 1. The van der Waals surface area contributed by atoms with Crippen molar-refractivity contribution in [1.82, 2.24) is 4.90 Å². The highest BCUT2D eigenvalue weighted by Gasteiger charge is 2.46. The summed E-state index contributed by atoms with van der Waals surface area (Å²) >= 11 is 0. The van der Waals surface area contributed by atoms with Crippen LogP contribution in [0.3, 0.4) is 0 Å². The van der Waals surface area contributed by atoms with Crippen LogP contribution in [0.2, 0.25) is 0 Å². The number of likely N-dealkylation sites (tertiary alicyclic amines) is 1. The van der Waals surface area contributed by atoms with E-state index < -0.39 is 17.7 Å². The minimum absolute atomic E-state index is 0.0396. The van der Waals surface area contributed by atoms with Crippen molar-refractivity contribution in [2.45, 2.75) is 52.6 Å². The zero-order chi connectivity index (χ0) is 26.2. The van der Waals surface area contributed by atoms with Gasteiger partial charge < -0.3 is 14.7 Å². The van der Waals surface area contributed by atoms with Crippen LogP contribution < -0.4 is 4.74 Å². The van der Waals surface area contributed by atoms with E-state index in [1.807, 2.05) is 56.3 Å². The lowest BCUT2D eigenvalue weighted by Gasteiger charge is -2.27. The molecular weight excluding hydrogens is 450 g/mol. The quantitative estimate of drug-likeness (QED) is 0.265. The van der Waals surface area contributed by atoms with E-state index in [0.29, 0.717) is 11.3 Å². The third kappa shape index (κ3) is 4.78. The Bertz CT molecular complexity index is 1330. The lowest BCUT2D eigenvalue weighted by Crippen LogP contribution is -2.29. The molecule has 1 unspecified atom stereocenters. The topological polar surface area (TPSA) is 66.8 Å². The van der Waals surface area contributed by atoms with Gasteiger partial charge in [0, 0.05) is 12.1 Å². The maximum atomic E-state index is 13.4. The minimum atomic E-state index is -0.707. The molecule has 0 radical (unpaired) electrons. The Morgan fingerprint density at radius 1 is 0.944 bits per heavy atom. The van der Waals surface area contributed by atoms with Crippen molar-refractivity contribution in [2.24, 2.45) is 0 Å². The maximum Gasteiger partial charge on any atom is 0.295 e. The Morgan fingerprint density at radius 3 is 2.17 bits per heavy atom. The van der Waals surface area contributed by atoms with Crippen molar-refractivity contribution >= 4 is 17.4 Å². The van der Waals surface area contributed by atoms with Crippen molar-refractivity contribution in [1.29, 1.82) is 0 Å². The Balaban J connectivity index is 1.86. The second kappa shape index (κ2) is 9.65. The molecule has 4 rings (SSSR count). The second-order valence-electron chi connectivity index (χ2n) is 10.5. The molecule has 186 valence electrons. The first kappa shape index (κ1) is 25.2. The molecule has 3 aromatic carbocycles. The highest BCUT2D eigenvalue weighted by molar-refractivity contribution is 6.46. The number of nitrogens with zero attached hydrogens (tertiary/aromatic N) is 1. The molecule has 0 bridgehead atoms. The standard InChI is InChI=1S/C31H33NO4/c1-19-7-8-20(2)23(17-19)18-32-27(21-9-13-24(14-10-21)31(3,4)5)26(29(34)30(32)35)28(33)22-11-15-25(36-6)16-12-22/h7-17,27,33H,18H2,1-6H3/b28-26-. The number of aliphatic hydroxyl groups excluding tert-OH is 1. The third-order valence-corrected chi connectivity index (χ3v) is 6.84. The fourth-order valence-electron chi connectivity index (χ4n) is 4.61. The minimum Gasteiger partial charge on any atom is -0.507 e. The van der Waals surface area contributed by atoms with Crippen molar-refractivity contribution in [3.63, 3.8) is 0 Å². The molecular formula is C31H33NO4. The van der Waals surface area contributed by atoms with Crippen LogP contribution in [0.4, 0.5) is 0 Å². The van der Waals surface area contributed by atoms with Gasteiger partial charge in [-0.2, -0.15) is 0 Å². The summed E-state index contributed by atoms with van der Waals surface area (Å²) in [6, 6.07) is 20.1. The van der Waals surface area contributed by atoms with Crippen molar-refractivity contribution in [2.75, 3.05) is 7.11 Å². The molecule has 1 atom stereocenters. The average molecular weight is 484 g/mol. The highest BCUT2D eigenvalue weighted by atomic mass is 16.5. The van der Waals surface area contributed by atoms with Crippen LogP contribution in [0.5, 0.6) is 5.75 Å². The normalized spacial score (nSPS) is 17.5. The van der Waals surface area contributed by atoms with Gasteiger partial charge in [0.25, 0.3) is 11.7 Å². The number of ketones is 1. The van der Waals surface area contributed by atoms with Crippen LogP contribution in [-0.4, -0.2) is 28.8 Å². The van der Waals surface area contributed by atoms with E-state index in [2.05, 4.69) is 20.8 Å². The molecule has 5 heteroatoms. The summed E-state index contributed by atoms with van der Waals surface area (Å²) < 4.78 is 5.22. The van der Waals surface area contributed by atoms with E-state index in [4.69, 9.17) is 4.74 Å². The first-order valence-electron chi connectivity index (χ1n) is 12.1. The van der Waals surface area contributed by atoms with Gasteiger partial charge in [0.15, 0.2) is 0 Å².